The molecule has 1 aliphatic heterocycles. The van der Waals surface area contributed by atoms with E-state index in [9.17, 15) is 0 Å². The van der Waals surface area contributed by atoms with Crippen LogP contribution in [0, 0.1) is 0 Å². The summed E-state index contributed by atoms with van der Waals surface area (Å²) < 4.78 is 4.92. The van der Waals surface area contributed by atoms with Gasteiger partial charge in [-0.15, -0.1) is 11.8 Å². The van der Waals surface area contributed by atoms with Crippen LogP contribution in [0.25, 0.3) is 0 Å². The summed E-state index contributed by atoms with van der Waals surface area (Å²) in [7, 11) is 0. The summed E-state index contributed by atoms with van der Waals surface area (Å²) in [5, 5.41) is 0. The molecule has 0 bridgehead atoms. The summed E-state index contributed by atoms with van der Waals surface area (Å²) >= 11 is 1.68. The number of hydrogen-bond acceptors (Lipinski definition) is 2. The van der Waals surface area contributed by atoms with Gasteiger partial charge in [-0.2, -0.15) is 0 Å². The van der Waals surface area contributed by atoms with Crippen LogP contribution in [0.1, 0.15) is 0 Å². The van der Waals surface area contributed by atoms with Gasteiger partial charge in [0, 0.05) is 4.91 Å². The molecule has 1 nitrogen and oxygen atoms in total. The third kappa shape index (κ3) is 0.758. The smallest absolute Gasteiger partial charge is 0.0969 e. The fraction of sp³-hybridized carbons (Fsp3) is 0.500. The van der Waals surface area contributed by atoms with Gasteiger partial charge in [0.25, 0.3) is 0 Å². The highest BCUT2D eigenvalue weighted by molar-refractivity contribution is 8.03. The van der Waals surface area contributed by atoms with Crippen molar-refractivity contribution in [1.29, 1.82) is 0 Å². The molecule has 1 heterocycles. The number of ether oxygens (including phenoxy) is 1. The Labute approximate surface area is 41.4 Å². The van der Waals surface area contributed by atoms with E-state index in [0.29, 0.717) is 0 Å². The van der Waals surface area contributed by atoms with E-state index in [0.717, 1.165) is 17.5 Å². The first-order valence-corrected chi connectivity index (χ1v) is 2.76. The lowest BCUT2D eigenvalue weighted by molar-refractivity contribution is 0.227. The molecule has 6 heavy (non-hydrogen) atoms. The minimum absolute atomic E-state index is 0.755. The zero-order valence-electron chi connectivity index (χ0n) is 3.44. The largest absolute Gasteiger partial charge is 0.365 e. The molecular weight excluding hydrogens is 96.1 g/mol. The van der Waals surface area contributed by atoms with E-state index in [-0.39, 0.29) is 0 Å². The first-order valence-electron chi connectivity index (χ1n) is 1.78. The minimum Gasteiger partial charge on any atom is -0.365 e. The van der Waals surface area contributed by atoms with Gasteiger partial charge < -0.3 is 4.74 Å². The van der Waals surface area contributed by atoms with Crippen LogP contribution in [0.2, 0.25) is 0 Å². The van der Waals surface area contributed by atoms with E-state index >= 15 is 0 Å². The average Bonchev–Trinajstić information content (AvgIpc) is 1.86. The van der Waals surface area contributed by atoms with Crippen LogP contribution in [0.3, 0.4) is 0 Å². The molecule has 1 saturated heterocycles. The molecule has 0 atom stereocenters. The van der Waals surface area contributed by atoms with Crippen LogP contribution in [0.15, 0.2) is 11.5 Å². The van der Waals surface area contributed by atoms with Crippen LogP contribution in [-0.4, -0.2) is 12.5 Å². The van der Waals surface area contributed by atoms with E-state index < -0.39 is 0 Å². The van der Waals surface area contributed by atoms with Crippen LogP contribution in [0.5, 0.6) is 0 Å². The molecule has 0 radical (unpaired) electrons. The van der Waals surface area contributed by atoms with Crippen molar-refractivity contribution in [2.45, 2.75) is 0 Å². The zero-order chi connectivity index (χ0) is 4.41. The van der Waals surface area contributed by atoms with Gasteiger partial charge in [-0.3, -0.25) is 0 Å². The number of thioether (sulfide) groups is 1. The Hall–Kier alpha value is 0.0500. The minimum atomic E-state index is 0.755. The fourth-order valence-corrected chi connectivity index (χ4v) is 0.822. The Kier molecular flexibility index (Phi) is 1.17. The summed E-state index contributed by atoms with van der Waals surface area (Å²) in [4.78, 5) is 1.15. The van der Waals surface area contributed by atoms with E-state index in [1.165, 1.54) is 0 Å². The van der Waals surface area contributed by atoms with Crippen LogP contribution < -0.4 is 0 Å². The quantitative estimate of drug-likeness (QED) is 0.455. The third-order valence-electron chi connectivity index (χ3n) is 0.609. The van der Waals surface area contributed by atoms with Crippen LogP contribution >= 0.6 is 11.8 Å². The molecule has 0 aromatic heterocycles. The second-order valence-electron chi connectivity index (χ2n) is 1.15. The van der Waals surface area contributed by atoms with Gasteiger partial charge in [0.1, 0.15) is 0 Å². The monoisotopic (exact) mass is 102 g/mol. The molecule has 1 fully saturated rings. The average molecular weight is 102 g/mol. The molecule has 0 unspecified atom stereocenters. The summed E-state index contributed by atoms with van der Waals surface area (Å²) in [6, 6.07) is 0. The van der Waals surface area contributed by atoms with Crippen molar-refractivity contribution in [3.63, 3.8) is 0 Å². The van der Waals surface area contributed by atoms with Crippen molar-refractivity contribution in [3.8, 4) is 0 Å². The van der Waals surface area contributed by atoms with Gasteiger partial charge >= 0.3 is 0 Å². The zero-order valence-corrected chi connectivity index (χ0v) is 4.25. The summed E-state index contributed by atoms with van der Waals surface area (Å²) in [5.41, 5.74) is 0. The Morgan fingerprint density at radius 3 is 2.83 bits per heavy atom. The maximum Gasteiger partial charge on any atom is 0.0969 e. The van der Waals surface area contributed by atoms with E-state index in [2.05, 4.69) is 6.58 Å². The molecule has 1 aliphatic rings. The van der Waals surface area contributed by atoms with Gasteiger partial charge in [-0.1, -0.05) is 6.58 Å². The number of hydrogen-bond donors (Lipinski definition) is 0. The normalized spacial score (nSPS) is 22.3. The highest BCUT2D eigenvalue weighted by Crippen LogP contribution is 2.20. The maximum absolute atomic E-state index is 4.92. The molecule has 1 rings (SSSR count). The van der Waals surface area contributed by atoms with E-state index in [1.807, 2.05) is 0 Å². The predicted octanol–water partition coefficient (Wildman–Crippen LogP) is 1.22. The van der Waals surface area contributed by atoms with E-state index in [1.54, 1.807) is 11.8 Å². The molecule has 34 valence electrons. The van der Waals surface area contributed by atoms with Gasteiger partial charge in [0.15, 0.2) is 0 Å². The van der Waals surface area contributed by atoms with Crippen molar-refractivity contribution in [1.82, 2.24) is 0 Å². The topological polar surface area (TPSA) is 9.23 Å². The highest BCUT2D eigenvalue weighted by atomic mass is 32.2. The lowest BCUT2D eigenvalue weighted by atomic mass is 10.7. The second kappa shape index (κ2) is 1.67. The molecule has 0 aromatic rings. The van der Waals surface area contributed by atoms with Crippen LogP contribution in [0.4, 0.5) is 0 Å². The van der Waals surface area contributed by atoms with Crippen LogP contribution in [-0.2, 0) is 4.74 Å². The predicted molar refractivity (Wildman–Crippen MR) is 27.5 cm³/mol. The SMILES string of the molecule is C=C1COCS1. The first-order chi connectivity index (χ1) is 2.89. The fourth-order valence-electron chi connectivity index (χ4n) is 0.322. The Morgan fingerprint density at radius 1 is 1.83 bits per heavy atom. The Bertz CT molecular complexity index is 61.9. The molecule has 2 heteroatoms. The molecule has 0 aromatic carbocycles. The standard InChI is InChI=1S/C4H6OS/c1-4-2-5-3-6-4/h1-3H2. The van der Waals surface area contributed by atoms with Crippen molar-refractivity contribution < 1.29 is 4.74 Å². The lowest BCUT2D eigenvalue weighted by Gasteiger charge is -1.77. The molecule has 0 saturated carbocycles. The summed E-state index contributed by atoms with van der Waals surface area (Å²) in [5.74, 6) is 0.804. The first kappa shape index (κ1) is 4.22. The second-order valence-corrected chi connectivity index (χ2v) is 2.25. The molecule has 0 amide bonds. The van der Waals surface area contributed by atoms with Crippen molar-refractivity contribution in [2.24, 2.45) is 0 Å². The van der Waals surface area contributed by atoms with Gasteiger partial charge in [0.05, 0.1) is 12.5 Å². The molecule has 0 N–H and O–H groups in total. The summed E-state index contributed by atoms with van der Waals surface area (Å²) in [6.07, 6.45) is 0. The summed E-state index contributed by atoms with van der Waals surface area (Å²) in [6.45, 7) is 4.45. The Balaban J connectivity index is 2.37. The van der Waals surface area contributed by atoms with Crippen molar-refractivity contribution in [3.05, 3.63) is 11.5 Å². The lowest BCUT2D eigenvalue weighted by Crippen LogP contribution is -1.76. The molecule has 0 aliphatic carbocycles. The van der Waals surface area contributed by atoms with Gasteiger partial charge in [-0.05, 0) is 0 Å². The maximum atomic E-state index is 4.92. The van der Waals surface area contributed by atoms with Gasteiger partial charge in [-0.25, -0.2) is 0 Å². The van der Waals surface area contributed by atoms with Crippen molar-refractivity contribution in [2.75, 3.05) is 12.5 Å². The van der Waals surface area contributed by atoms with Crippen molar-refractivity contribution >= 4 is 11.8 Å². The Morgan fingerprint density at radius 2 is 2.67 bits per heavy atom. The third-order valence-corrected chi connectivity index (χ3v) is 1.42. The van der Waals surface area contributed by atoms with Gasteiger partial charge in [0.2, 0.25) is 0 Å². The number of rotatable bonds is 0. The molecule has 0 spiro atoms. The highest BCUT2D eigenvalue weighted by Gasteiger charge is 2.01. The molecular formula is C4H6OS. The van der Waals surface area contributed by atoms with E-state index in [4.69, 9.17) is 4.74 Å².